The highest BCUT2D eigenvalue weighted by molar-refractivity contribution is 5.24. The molecule has 0 unspecified atom stereocenters. The van der Waals surface area contributed by atoms with Crippen LogP contribution in [0.4, 0.5) is 4.39 Å². The Balaban J connectivity index is 1.92. The second kappa shape index (κ2) is 4.74. The van der Waals surface area contributed by atoms with Crippen molar-refractivity contribution in [2.24, 2.45) is 5.92 Å². The summed E-state index contributed by atoms with van der Waals surface area (Å²) >= 11 is 0. The maximum atomic E-state index is 13.4. The van der Waals surface area contributed by atoms with Gasteiger partial charge in [-0.05, 0) is 62.8 Å². The van der Waals surface area contributed by atoms with Gasteiger partial charge in [0.25, 0.3) is 0 Å². The first-order valence-electron chi connectivity index (χ1n) is 5.61. The van der Waals surface area contributed by atoms with Crippen LogP contribution in [-0.2, 0) is 0 Å². The molecule has 78 valence electrons. The summed E-state index contributed by atoms with van der Waals surface area (Å²) in [5.74, 6) is 0.748. The highest BCUT2D eigenvalue weighted by Crippen LogP contribution is 2.29. The van der Waals surface area contributed by atoms with Crippen LogP contribution in [-0.4, -0.2) is 13.1 Å². The van der Waals surface area contributed by atoms with Gasteiger partial charge in [-0.3, -0.25) is 0 Å². The predicted molar refractivity (Wildman–Crippen MR) is 56.7 cm³/mol. The van der Waals surface area contributed by atoms with Gasteiger partial charge in [-0.25, -0.2) is 4.39 Å². The largest absolute Gasteiger partial charge is 0.317 e. The van der Waals surface area contributed by atoms with Crippen LogP contribution >= 0.6 is 0 Å². The predicted octanol–water partition coefficient (Wildman–Crippen LogP) is 2.95. The van der Waals surface area contributed by atoms with E-state index in [-0.39, 0.29) is 5.83 Å². The van der Waals surface area contributed by atoms with E-state index in [9.17, 15) is 4.39 Å². The van der Waals surface area contributed by atoms with Crippen molar-refractivity contribution in [3.05, 3.63) is 23.6 Å². The third-order valence-corrected chi connectivity index (χ3v) is 3.21. The summed E-state index contributed by atoms with van der Waals surface area (Å²) in [5, 5.41) is 3.34. The van der Waals surface area contributed by atoms with E-state index in [0.29, 0.717) is 5.92 Å². The van der Waals surface area contributed by atoms with Crippen molar-refractivity contribution in [2.75, 3.05) is 13.1 Å². The van der Waals surface area contributed by atoms with Gasteiger partial charge in [-0.15, -0.1) is 0 Å². The van der Waals surface area contributed by atoms with Crippen molar-refractivity contribution in [1.82, 2.24) is 5.32 Å². The number of hydrogen-bond acceptors (Lipinski definition) is 1. The van der Waals surface area contributed by atoms with Crippen molar-refractivity contribution in [1.29, 1.82) is 0 Å². The van der Waals surface area contributed by atoms with E-state index >= 15 is 0 Å². The molecule has 0 spiro atoms. The summed E-state index contributed by atoms with van der Waals surface area (Å²) in [4.78, 5) is 0. The minimum absolute atomic E-state index is 0.0368. The fraction of sp³-hybridized carbons (Fsp3) is 0.667. The minimum atomic E-state index is 0.0368. The van der Waals surface area contributed by atoms with E-state index in [2.05, 4.69) is 5.32 Å². The molecule has 1 nitrogen and oxygen atoms in total. The summed E-state index contributed by atoms with van der Waals surface area (Å²) < 4.78 is 13.4. The van der Waals surface area contributed by atoms with Gasteiger partial charge in [0.1, 0.15) is 5.83 Å². The number of nitrogens with one attached hydrogen (secondary N) is 1. The Bertz CT molecular complexity index is 249. The zero-order valence-electron chi connectivity index (χ0n) is 8.56. The standard InChI is InChI=1S/C12H18FN/c13-12-4-2-1-3-11(12)9-10-5-7-14-8-6-10/h2,4,10,14H,1,3,5-9H2. The first-order chi connectivity index (χ1) is 6.86. The minimum Gasteiger partial charge on any atom is -0.317 e. The van der Waals surface area contributed by atoms with Crippen molar-refractivity contribution in [2.45, 2.75) is 32.1 Å². The monoisotopic (exact) mass is 195 g/mol. The SMILES string of the molecule is FC1=C(CC2CCNCC2)CCC=C1. The van der Waals surface area contributed by atoms with E-state index in [1.165, 1.54) is 12.8 Å². The summed E-state index contributed by atoms with van der Waals surface area (Å²) in [7, 11) is 0. The van der Waals surface area contributed by atoms with Crippen LogP contribution < -0.4 is 5.32 Å². The molecule has 0 aromatic carbocycles. The van der Waals surface area contributed by atoms with Crippen LogP contribution in [0.3, 0.4) is 0 Å². The molecule has 0 aromatic rings. The Kier molecular flexibility index (Phi) is 3.35. The lowest BCUT2D eigenvalue weighted by atomic mass is 9.87. The van der Waals surface area contributed by atoms with Gasteiger partial charge in [0.15, 0.2) is 0 Å². The fourth-order valence-corrected chi connectivity index (χ4v) is 2.32. The normalized spacial score (nSPS) is 24.4. The van der Waals surface area contributed by atoms with Crippen molar-refractivity contribution in [3.63, 3.8) is 0 Å². The Morgan fingerprint density at radius 3 is 2.86 bits per heavy atom. The molecular formula is C12H18FN. The molecule has 1 heterocycles. The van der Waals surface area contributed by atoms with E-state index < -0.39 is 0 Å². The van der Waals surface area contributed by atoms with Gasteiger partial charge in [-0.1, -0.05) is 6.08 Å². The molecule has 0 saturated carbocycles. The molecule has 1 aliphatic carbocycles. The summed E-state index contributed by atoms with van der Waals surface area (Å²) in [6.07, 6.45) is 8.93. The van der Waals surface area contributed by atoms with Gasteiger partial charge in [0, 0.05) is 0 Å². The Morgan fingerprint density at radius 1 is 1.36 bits per heavy atom. The summed E-state index contributed by atoms with van der Waals surface area (Å²) in [5.41, 5.74) is 1.06. The molecule has 2 heteroatoms. The zero-order valence-corrected chi connectivity index (χ0v) is 8.56. The third-order valence-electron chi connectivity index (χ3n) is 3.21. The van der Waals surface area contributed by atoms with Gasteiger partial charge in [0.2, 0.25) is 0 Å². The van der Waals surface area contributed by atoms with Crippen LogP contribution in [0.15, 0.2) is 23.6 Å². The second-order valence-corrected chi connectivity index (χ2v) is 4.29. The number of halogens is 1. The average Bonchev–Trinajstić information content (AvgIpc) is 2.23. The van der Waals surface area contributed by atoms with Gasteiger partial charge < -0.3 is 5.32 Å². The number of rotatable bonds is 2. The molecular weight excluding hydrogens is 177 g/mol. The van der Waals surface area contributed by atoms with Crippen LogP contribution in [0.25, 0.3) is 0 Å². The molecule has 1 N–H and O–H groups in total. The van der Waals surface area contributed by atoms with Crippen molar-refractivity contribution in [3.8, 4) is 0 Å². The molecule has 0 radical (unpaired) electrons. The quantitative estimate of drug-likeness (QED) is 0.714. The highest BCUT2D eigenvalue weighted by Gasteiger charge is 2.17. The molecule has 2 aliphatic rings. The maximum Gasteiger partial charge on any atom is 0.122 e. The lowest BCUT2D eigenvalue weighted by molar-refractivity contribution is 0.365. The van der Waals surface area contributed by atoms with Crippen LogP contribution in [0.1, 0.15) is 32.1 Å². The molecule has 0 aromatic heterocycles. The highest BCUT2D eigenvalue weighted by atomic mass is 19.1. The topological polar surface area (TPSA) is 12.0 Å². The molecule has 1 aliphatic heterocycles. The Morgan fingerprint density at radius 2 is 2.14 bits per heavy atom. The van der Waals surface area contributed by atoms with E-state index in [1.54, 1.807) is 6.08 Å². The number of hydrogen-bond donors (Lipinski definition) is 1. The van der Waals surface area contributed by atoms with E-state index in [4.69, 9.17) is 0 Å². The van der Waals surface area contributed by atoms with Crippen molar-refractivity contribution >= 4 is 0 Å². The molecule has 0 atom stereocenters. The van der Waals surface area contributed by atoms with Gasteiger partial charge >= 0.3 is 0 Å². The van der Waals surface area contributed by atoms with E-state index in [1.807, 2.05) is 6.08 Å². The lowest BCUT2D eigenvalue weighted by Gasteiger charge is -2.24. The number of piperidine rings is 1. The van der Waals surface area contributed by atoms with Crippen LogP contribution in [0.2, 0.25) is 0 Å². The summed E-state index contributed by atoms with van der Waals surface area (Å²) in [6, 6.07) is 0. The molecule has 1 fully saturated rings. The lowest BCUT2D eigenvalue weighted by Crippen LogP contribution is -2.28. The Hall–Kier alpha value is -0.630. The van der Waals surface area contributed by atoms with Gasteiger partial charge in [0.05, 0.1) is 0 Å². The molecule has 0 amide bonds. The second-order valence-electron chi connectivity index (χ2n) is 4.29. The summed E-state index contributed by atoms with van der Waals surface area (Å²) in [6.45, 7) is 2.21. The smallest absolute Gasteiger partial charge is 0.122 e. The maximum absolute atomic E-state index is 13.4. The fourth-order valence-electron chi connectivity index (χ4n) is 2.32. The molecule has 0 bridgehead atoms. The van der Waals surface area contributed by atoms with Crippen molar-refractivity contribution < 1.29 is 4.39 Å². The average molecular weight is 195 g/mol. The number of allylic oxidation sites excluding steroid dienone is 4. The van der Waals surface area contributed by atoms with E-state index in [0.717, 1.165) is 37.9 Å². The Labute approximate surface area is 85.1 Å². The van der Waals surface area contributed by atoms with Gasteiger partial charge in [-0.2, -0.15) is 0 Å². The van der Waals surface area contributed by atoms with Crippen LogP contribution in [0, 0.1) is 5.92 Å². The third kappa shape index (κ3) is 2.44. The zero-order chi connectivity index (χ0) is 9.80. The molecule has 2 rings (SSSR count). The first kappa shape index (κ1) is 9.91. The first-order valence-corrected chi connectivity index (χ1v) is 5.61. The molecule has 14 heavy (non-hydrogen) atoms. The molecule has 1 saturated heterocycles. The van der Waals surface area contributed by atoms with Crippen LogP contribution in [0.5, 0.6) is 0 Å².